The largest absolute Gasteiger partial charge is 0.496 e. The predicted octanol–water partition coefficient (Wildman–Crippen LogP) is 6.39. The third kappa shape index (κ3) is 8.03. The van der Waals surface area contributed by atoms with Crippen LogP contribution in [0.2, 0.25) is 10.0 Å². The summed E-state index contributed by atoms with van der Waals surface area (Å²) in [5.41, 5.74) is 2.95. The Morgan fingerprint density at radius 3 is 2.30 bits per heavy atom. The van der Waals surface area contributed by atoms with Gasteiger partial charge in [0.1, 0.15) is 18.1 Å². The van der Waals surface area contributed by atoms with Crippen LogP contribution in [-0.2, 0) is 4.79 Å². The van der Waals surface area contributed by atoms with E-state index in [0.29, 0.717) is 33.7 Å². The second-order valence-electron chi connectivity index (χ2n) is 8.77. The molecule has 9 heteroatoms. The molecule has 0 spiro atoms. The highest BCUT2D eigenvalue weighted by Crippen LogP contribution is 2.38. The number of carbonyl (C=O) groups is 2. The van der Waals surface area contributed by atoms with Crippen LogP contribution in [0.3, 0.4) is 0 Å². The molecule has 0 heterocycles. The van der Waals surface area contributed by atoms with Gasteiger partial charge < -0.3 is 25.2 Å². The molecule has 3 aromatic carbocycles. The second kappa shape index (κ2) is 13.2. The number of carboxylic acids is 1. The van der Waals surface area contributed by atoms with Crippen molar-refractivity contribution in [2.45, 2.75) is 26.3 Å². The van der Waals surface area contributed by atoms with Crippen molar-refractivity contribution in [3.8, 4) is 22.6 Å². The van der Waals surface area contributed by atoms with E-state index in [2.05, 4.69) is 24.5 Å². The van der Waals surface area contributed by atoms with E-state index < -0.39 is 5.97 Å². The minimum Gasteiger partial charge on any atom is -0.496 e. The number of ether oxygens (including phenoxy) is 2. The molecule has 0 bridgehead atoms. The molecule has 3 aromatic rings. The molecule has 0 unspecified atom stereocenters. The Balaban J connectivity index is 1.64. The fraction of sp³-hybridized carbons (Fsp3) is 0.286. The van der Waals surface area contributed by atoms with Crippen molar-refractivity contribution in [3.63, 3.8) is 0 Å². The summed E-state index contributed by atoms with van der Waals surface area (Å²) in [6, 6.07) is 18.0. The van der Waals surface area contributed by atoms with Crippen LogP contribution >= 0.6 is 23.2 Å². The molecule has 7 nitrogen and oxygen atoms in total. The van der Waals surface area contributed by atoms with E-state index >= 15 is 0 Å². The zero-order valence-electron chi connectivity index (χ0n) is 20.9. The van der Waals surface area contributed by atoms with Gasteiger partial charge in [-0.15, -0.1) is 0 Å². The third-order valence-corrected chi connectivity index (χ3v) is 6.30. The van der Waals surface area contributed by atoms with Crippen LogP contribution < -0.4 is 20.1 Å². The van der Waals surface area contributed by atoms with Crippen molar-refractivity contribution in [1.29, 1.82) is 0 Å². The first-order valence-corrected chi connectivity index (χ1v) is 12.6. The van der Waals surface area contributed by atoms with Crippen molar-refractivity contribution in [3.05, 3.63) is 76.3 Å². The number of methoxy groups -OCH3 is 1. The SMILES string of the molecule is COc1cc(OC[C@@H](Nc2ccc(C(=O)NCCC(=O)O)cc2)C(C)C)ccc1-c1ccc(Cl)cc1Cl. The molecule has 0 aliphatic heterocycles. The molecule has 1 atom stereocenters. The number of nitrogens with one attached hydrogen (secondary N) is 2. The van der Waals surface area contributed by atoms with Gasteiger partial charge in [0.25, 0.3) is 5.91 Å². The summed E-state index contributed by atoms with van der Waals surface area (Å²) in [6.45, 7) is 4.67. The number of benzene rings is 3. The fourth-order valence-electron chi connectivity index (χ4n) is 3.60. The van der Waals surface area contributed by atoms with E-state index in [9.17, 15) is 9.59 Å². The number of hydrogen-bond donors (Lipinski definition) is 3. The van der Waals surface area contributed by atoms with Crippen LogP contribution in [0.4, 0.5) is 5.69 Å². The number of aliphatic carboxylic acids is 1. The molecule has 0 fully saturated rings. The third-order valence-electron chi connectivity index (χ3n) is 5.75. The average molecular weight is 545 g/mol. The first-order valence-electron chi connectivity index (χ1n) is 11.8. The summed E-state index contributed by atoms with van der Waals surface area (Å²) >= 11 is 12.4. The molecule has 3 rings (SSSR count). The Morgan fingerprint density at radius 1 is 0.973 bits per heavy atom. The Kier molecular flexibility index (Phi) is 10.1. The standard InChI is InChI=1S/C28H30Cl2N2O5/c1-17(2)25(32-20-7-4-18(5-8-20)28(35)31-13-12-27(33)34)16-37-21-9-11-23(26(15-21)36-3)22-10-6-19(29)14-24(22)30/h4-11,14-15,17,25,32H,12-13,16H2,1-3H3,(H,31,35)(H,33,34)/t25-/m1/s1. The van der Waals surface area contributed by atoms with Crippen molar-refractivity contribution in [2.24, 2.45) is 5.92 Å². The van der Waals surface area contributed by atoms with E-state index in [-0.39, 0.29) is 30.8 Å². The number of anilines is 1. The van der Waals surface area contributed by atoms with Crippen molar-refractivity contribution >= 4 is 40.8 Å². The molecular formula is C28H30Cl2N2O5. The van der Waals surface area contributed by atoms with Gasteiger partial charge in [0.15, 0.2) is 0 Å². The van der Waals surface area contributed by atoms with E-state index in [4.69, 9.17) is 37.8 Å². The van der Waals surface area contributed by atoms with Gasteiger partial charge in [-0.2, -0.15) is 0 Å². The number of rotatable bonds is 12. The lowest BCUT2D eigenvalue weighted by atomic mass is 10.0. The molecule has 0 radical (unpaired) electrons. The molecule has 0 aliphatic carbocycles. The second-order valence-corrected chi connectivity index (χ2v) is 9.61. The van der Waals surface area contributed by atoms with Crippen LogP contribution in [0, 0.1) is 5.92 Å². The van der Waals surface area contributed by atoms with Gasteiger partial charge in [-0.25, -0.2) is 0 Å². The number of carbonyl (C=O) groups excluding carboxylic acids is 1. The van der Waals surface area contributed by atoms with Crippen molar-refractivity contribution in [1.82, 2.24) is 5.32 Å². The molecule has 0 saturated heterocycles. The number of halogens is 2. The number of carboxylic acid groups (broad SMARTS) is 1. The highest BCUT2D eigenvalue weighted by Gasteiger charge is 2.17. The molecule has 37 heavy (non-hydrogen) atoms. The van der Waals surface area contributed by atoms with E-state index in [0.717, 1.165) is 16.8 Å². The van der Waals surface area contributed by atoms with Crippen molar-refractivity contribution in [2.75, 3.05) is 25.6 Å². The van der Waals surface area contributed by atoms with Crippen LogP contribution in [0.1, 0.15) is 30.6 Å². The smallest absolute Gasteiger partial charge is 0.305 e. The maximum absolute atomic E-state index is 12.2. The zero-order chi connectivity index (χ0) is 26.9. The lowest BCUT2D eigenvalue weighted by Gasteiger charge is -2.24. The summed E-state index contributed by atoms with van der Waals surface area (Å²) in [6.07, 6.45) is -0.120. The van der Waals surface area contributed by atoms with Crippen molar-refractivity contribution < 1.29 is 24.2 Å². The Hall–Kier alpha value is -3.42. The summed E-state index contributed by atoms with van der Waals surface area (Å²) in [4.78, 5) is 22.8. The van der Waals surface area contributed by atoms with Gasteiger partial charge in [-0.1, -0.05) is 43.1 Å². The van der Waals surface area contributed by atoms with E-state index in [1.54, 1.807) is 31.4 Å². The van der Waals surface area contributed by atoms with Crippen LogP contribution in [0.5, 0.6) is 11.5 Å². The van der Waals surface area contributed by atoms with Crippen LogP contribution in [-0.4, -0.2) is 43.3 Å². The molecule has 0 saturated carbocycles. The van der Waals surface area contributed by atoms with E-state index in [1.807, 2.05) is 36.4 Å². The van der Waals surface area contributed by atoms with Crippen LogP contribution in [0.15, 0.2) is 60.7 Å². The van der Waals surface area contributed by atoms with Gasteiger partial charge in [-0.05, 0) is 54.4 Å². The normalized spacial score (nSPS) is 11.6. The molecule has 0 aliphatic rings. The first kappa shape index (κ1) is 28.2. The Morgan fingerprint density at radius 2 is 1.68 bits per heavy atom. The molecule has 196 valence electrons. The molecular weight excluding hydrogens is 515 g/mol. The summed E-state index contributed by atoms with van der Waals surface area (Å²) in [5, 5.41) is 15.8. The first-order chi connectivity index (χ1) is 17.7. The minimum atomic E-state index is -0.956. The van der Waals surface area contributed by atoms with E-state index in [1.165, 1.54) is 0 Å². The average Bonchev–Trinajstić information content (AvgIpc) is 2.86. The monoisotopic (exact) mass is 544 g/mol. The maximum atomic E-state index is 12.2. The lowest BCUT2D eigenvalue weighted by molar-refractivity contribution is -0.136. The predicted molar refractivity (Wildman–Crippen MR) is 147 cm³/mol. The quantitative estimate of drug-likeness (QED) is 0.244. The number of amides is 1. The Labute approximate surface area is 226 Å². The number of hydrogen-bond acceptors (Lipinski definition) is 5. The van der Waals surface area contributed by atoms with Gasteiger partial charge in [0.05, 0.1) is 24.6 Å². The molecule has 3 N–H and O–H groups in total. The summed E-state index contributed by atoms with van der Waals surface area (Å²) < 4.78 is 11.7. The van der Waals surface area contributed by atoms with Gasteiger partial charge in [0, 0.05) is 40.0 Å². The van der Waals surface area contributed by atoms with Crippen LogP contribution in [0.25, 0.3) is 11.1 Å². The van der Waals surface area contributed by atoms with Gasteiger partial charge >= 0.3 is 5.97 Å². The van der Waals surface area contributed by atoms with Gasteiger partial charge in [0.2, 0.25) is 0 Å². The summed E-state index contributed by atoms with van der Waals surface area (Å²) in [7, 11) is 1.60. The maximum Gasteiger partial charge on any atom is 0.305 e. The zero-order valence-corrected chi connectivity index (χ0v) is 22.4. The van der Waals surface area contributed by atoms with Gasteiger partial charge in [-0.3, -0.25) is 9.59 Å². The highest BCUT2D eigenvalue weighted by molar-refractivity contribution is 6.36. The molecule has 0 aromatic heterocycles. The topological polar surface area (TPSA) is 96.9 Å². The lowest BCUT2D eigenvalue weighted by Crippen LogP contribution is -2.32. The summed E-state index contributed by atoms with van der Waals surface area (Å²) in [5.74, 6) is 0.281. The Bertz CT molecular complexity index is 1230. The minimum absolute atomic E-state index is 0.00776. The molecule has 1 amide bonds. The highest BCUT2D eigenvalue weighted by atomic mass is 35.5. The fourth-order valence-corrected chi connectivity index (χ4v) is 4.11.